The summed E-state index contributed by atoms with van der Waals surface area (Å²) < 4.78 is 34.7. The molecule has 3 aliphatic rings. The Morgan fingerprint density at radius 3 is 2.62 bits per heavy atom. The molecule has 3 aromatic heterocycles. The minimum Gasteiger partial charge on any atom is -0.434 e. The van der Waals surface area contributed by atoms with Crippen LogP contribution in [0.15, 0.2) is 49.1 Å². The number of ether oxygens (including phenoxy) is 1. The van der Waals surface area contributed by atoms with Gasteiger partial charge in [-0.25, -0.2) is 9.50 Å². The van der Waals surface area contributed by atoms with Gasteiger partial charge in [0.05, 0.1) is 23.2 Å². The average Bonchev–Trinajstić information content (AvgIpc) is 3.81. The first kappa shape index (κ1) is 29.6. The fourth-order valence-electron chi connectivity index (χ4n) is 7.43. The van der Waals surface area contributed by atoms with Crippen molar-refractivity contribution in [1.29, 1.82) is 5.26 Å². The van der Waals surface area contributed by atoms with Crippen LogP contribution in [0.25, 0.3) is 28.0 Å². The topological polar surface area (TPSA) is 105 Å². The number of halogens is 3. The Morgan fingerprint density at radius 2 is 1.89 bits per heavy atom. The van der Waals surface area contributed by atoms with Crippen molar-refractivity contribution in [3.63, 3.8) is 0 Å². The van der Waals surface area contributed by atoms with Gasteiger partial charge in [-0.2, -0.15) is 24.2 Å². The van der Waals surface area contributed by atoms with Crippen LogP contribution in [0.4, 0.5) is 8.78 Å². The molecule has 2 saturated heterocycles. The zero-order valence-electron chi connectivity index (χ0n) is 24.7. The van der Waals surface area contributed by atoms with Crippen molar-refractivity contribution in [3.05, 3.63) is 54.1 Å². The van der Waals surface area contributed by atoms with Crippen molar-refractivity contribution >= 4 is 23.2 Å². The fraction of sp³-hybridized carbons (Fsp3) is 0.469. The molecule has 1 amide bonds. The monoisotopic (exact) mass is 634 g/mol. The van der Waals surface area contributed by atoms with E-state index in [4.69, 9.17) is 21.4 Å². The van der Waals surface area contributed by atoms with Gasteiger partial charge in [-0.3, -0.25) is 9.48 Å². The summed E-state index contributed by atoms with van der Waals surface area (Å²) in [4.78, 5) is 22.4. The SMILES string of the molecule is N#CC1(CN2C[C@@H]3CN(C(=O)Cn4cc(-c5cnn6cccnc56)c(-c5cc(Cl)ccc5OC(F)F)n4)C[C@@H]3C2)CCCCC1. The summed E-state index contributed by atoms with van der Waals surface area (Å²) in [5.74, 6) is 0.607. The fourth-order valence-corrected chi connectivity index (χ4v) is 7.60. The van der Waals surface area contributed by atoms with Crippen LogP contribution < -0.4 is 4.74 Å². The number of hydrogen-bond acceptors (Lipinski definition) is 7. The van der Waals surface area contributed by atoms with E-state index in [0.717, 1.165) is 45.3 Å². The highest BCUT2D eigenvalue weighted by Gasteiger charge is 2.44. The smallest absolute Gasteiger partial charge is 0.387 e. The second kappa shape index (κ2) is 12.0. The first-order chi connectivity index (χ1) is 21.8. The molecule has 1 aromatic carbocycles. The molecule has 3 fully saturated rings. The van der Waals surface area contributed by atoms with E-state index in [-0.39, 0.29) is 29.2 Å². The molecule has 0 bridgehead atoms. The summed E-state index contributed by atoms with van der Waals surface area (Å²) in [7, 11) is 0. The zero-order valence-corrected chi connectivity index (χ0v) is 25.4. The molecule has 45 heavy (non-hydrogen) atoms. The summed E-state index contributed by atoms with van der Waals surface area (Å²) in [6.45, 7) is 0.885. The Morgan fingerprint density at radius 1 is 1.11 bits per heavy atom. The van der Waals surface area contributed by atoms with Gasteiger partial charge in [0, 0.05) is 67.5 Å². The maximum Gasteiger partial charge on any atom is 0.387 e. The molecule has 0 radical (unpaired) electrons. The third-order valence-corrected chi connectivity index (χ3v) is 9.76. The van der Waals surface area contributed by atoms with E-state index >= 15 is 0 Å². The lowest BCUT2D eigenvalue weighted by atomic mass is 9.75. The molecule has 13 heteroatoms. The number of amides is 1. The van der Waals surface area contributed by atoms with E-state index < -0.39 is 6.61 Å². The predicted molar refractivity (Wildman–Crippen MR) is 162 cm³/mol. The molecule has 10 nitrogen and oxygen atoms in total. The highest BCUT2D eigenvalue weighted by atomic mass is 35.5. The van der Waals surface area contributed by atoms with Gasteiger partial charge in [-0.1, -0.05) is 30.9 Å². The average molecular weight is 635 g/mol. The lowest BCUT2D eigenvalue weighted by molar-refractivity contribution is -0.131. The summed E-state index contributed by atoms with van der Waals surface area (Å²) in [5, 5.41) is 19.4. The number of nitriles is 1. The first-order valence-electron chi connectivity index (χ1n) is 15.3. The van der Waals surface area contributed by atoms with Gasteiger partial charge >= 0.3 is 6.61 Å². The number of hydrogen-bond donors (Lipinski definition) is 0. The maximum absolute atomic E-state index is 13.6. The van der Waals surface area contributed by atoms with Crippen molar-refractivity contribution in [2.45, 2.75) is 45.3 Å². The van der Waals surface area contributed by atoms with E-state index in [0.29, 0.717) is 52.4 Å². The largest absolute Gasteiger partial charge is 0.434 e. The van der Waals surface area contributed by atoms with Gasteiger partial charge in [0.2, 0.25) is 5.91 Å². The molecule has 2 aliphatic heterocycles. The summed E-state index contributed by atoms with van der Waals surface area (Å²) in [6.07, 6.45) is 12.2. The Kier molecular flexibility index (Phi) is 7.91. The number of carbonyl (C=O) groups excluding carboxylic acids is 1. The van der Waals surface area contributed by atoms with Crippen LogP contribution in [0.2, 0.25) is 5.02 Å². The van der Waals surface area contributed by atoms with Gasteiger partial charge in [0.25, 0.3) is 0 Å². The number of likely N-dealkylation sites (tertiary alicyclic amines) is 2. The molecule has 1 aliphatic carbocycles. The van der Waals surface area contributed by atoms with Crippen LogP contribution in [-0.4, -0.2) is 79.4 Å². The Balaban J connectivity index is 1.12. The molecule has 2 atom stereocenters. The Bertz CT molecular complexity index is 1750. The number of aromatic nitrogens is 5. The number of fused-ring (bicyclic) bond motifs is 2. The van der Waals surface area contributed by atoms with Crippen LogP contribution in [0.1, 0.15) is 32.1 Å². The molecule has 0 unspecified atom stereocenters. The van der Waals surface area contributed by atoms with E-state index in [1.807, 2.05) is 4.90 Å². The van der Waals surface area contributed by atoms with Crippen molar-refractivity contribution in [1.82, 2.24) is 34.2 Å². The predicted octanol–water partition coefficient (Wildman–Crippen LogP) is 5.38. The van der Waals surface area contributed by atoms with Crippen LogP contribution >= 0.6 is 11.6 Å². The molecular formula is C32H33ClF2N8O2. The van der Waals surface area contributed by atoms with Gasteiger partial charge in [0.1, 0.15) is 18.0 Å². The molecule has 5 heterocycles. The number of benzene rings is 1. The van der Waals surface area contributed by atoms with Crippen molar-refractivity contribution < 1.29 is 18.3 Å². The second-order valence-electron chi connectivity index (χ2n) is 12.5. The Hall–Kier alpha value is -4.08. The molecular weight excluding hydrogens is 602 g/mol. The van der Waals surface area contributed by atoms with E-state index in [2.05, 4.69) is 21.1 Å². The maximum atomic E-state index is 13.6. The number of alkyl halides is 2. The molecule has 234 valence electrons. The van der Waals surface area contributed by atoms with E-state index in [9.17, 15) is 18.8 Å². The number of nitrogens with zero attached hydrogens (tertiary/aromatic N) is 8. The summed E-state index contributed by atoms with van der Waals surface area (Å²) in [5.41, 5.74) is 2.08. The van der Waals surface area contributed by atoms with Crippen LogP contribution in [0.3, 0.4) is 0 Å². The van der Waals surface area contributed by atoms with Crippen LogP contribution in [-0.2, 0) is 11.3 Å². The number of rotatable bonds is 8. The lowest BCUT2D eigenvalue weighted by Gasteiger charge is -2.34. The summed E-state index contributed by atoms with van der Waals surface area (Å²) >= 11 is 6.29. The molecule has 7 rings (SSSR count). The third kappa shape index (κ3) is 5.87. The van der Waals surface area contributed by atoms with Gasteiger partial charge in [-0.15, -0.1) is 0 Å². The molecule has 0 spiro atoms. The highest BCUT2D eigenvalue weighted by Crippen LogP contribution is 2.41. The van der Waals surface area contributed by atoms with Crippen LogP contribution in [0, 0.1) is 28.6 Å². The van der Waals surface area contributed by atoms with Crippen molar-refractivity contribution in [2.24, 2.45) is 17.3 Å². The Labute approximate surface area is 264 Å². The minimum atomic E-state index is -3.05. The first-order valence-corrected chi connectivity index (χ1v) is 15.7. The van der Waals surface area contributed by atoms with Gasteiger partial charge < -0.3 is 14.5 Å². The minimum absolute atomic E-state index is 0.0219. The molecule has 1 saturated carbocycles. The van der Waals surface area contributed by atoms with E-state index in [1.54, 1.807) is 35.4 Å². The number of carbonyl (C=O) groups is 1. The van der Waals surface area contributed by atoms with Gasteiger partial charge in [0.15, 0.2) is 5.65 Å². The van der Waals surface area contributed by atoms with Crippen molar-refractivity contribution in [3.8, 4) is 34.2 Å². The molecule has 0 N–H and O–H groups in total. The van der Waals surface area contributed by atoms with Crippen LogP contribution in [0.5, 0.6) is 5.75 Å². The highest BCUT2D eigenvalue weighted by molar-refractivity contribution is 6.31. The quantitative estimate of drug-likeness (QED) is 0.256. The van der Waals surface area contributed by atoms with Gasteiger partial charge in [-0.05, 0) is 48.9 Å². The standard InChI is InChI=1S/C32H33ClF2N8O2/c33-23-5-6-27(45-31(34)35)24(11-23)29-26(25-12-38-43-10-4-9-37-30(25)43)17-42(39-29)18-28(44)41-15-21-13-40(14-22(21)16-41)20-32(19-36)7-2-1-3-8-32/h4-6,9-12,17,21-22,31H,1-3,7-8,13-16,18,20H2/t21-,22+. The van der Waals surface area contributed by atoms with E-state index in [1.165, 1.54) is 29.3 Å². The normalized spacial score (nSPS) is 21.4. The van der Waals surface area contributed by atoms with Crippen molar-refractivity contribution in [2.75, 3.05) is 32.7 Å². The molecule has 4 aromatic rings. The second-order valence-corrected chi connectivity index (χ2v) is 13.0. The summed E-state index contributed by atoms with van der Waals surface area (Å²) in [6, 6.07) is 8.77. The zero-order chi connectivity index (χ0) is 31.1. The third-order valence-electron chi connectivity index (χ3n) is 9.53. The lowest BCUT2D eigenvalue weighted by Crippen LogP contribution is -2.40.